The molecule has 3 N–H and O–H groups in total. The lowest BCUT2D eigenvalue weighted by Gasteiger charge is -2.17. The van der Waals surface area contributed by atoms with Crippen LogP contribution in [-0.2, 0) is 4.74 Å². The standard InChI is InChI=1S/C25H37N5O2/c1-10-11-17(3)21(29-24(31)32-25(7,8)9)13-12-16(2)19(5)23(20(6)26)30-22-15-27-14-18(4)28-22/h11-15H,10,26H2,1-9H3,(H,28,30)/b13-12-,17-11+,19-16-,23-20+,29-21+. The van der Waals surface area contributed by atoms with Crippen LogP contribution in [0.5, 0.6) is 0 Å². The molecule has 7 nitrogen and oxygen atoms in total. The molecule has 174 valence electrons. The summed E-state index contributed by atoms with van der Waals surface area (Å²) in [5, 5.41) is 3.26. The number of ether oxygens (including phenoxy) is 1. The normalized spacial score (nSPS) is 14.8. The van der Waals surface area contributed by atoms with Crippen molar-refractivity contribution in [2.45, 2.75) is 74.3 Å². The van der Waals surface area contributed by atoms with Gasteiger partial charge in [-0.2, -0.15) is 4.99 Å². The summed E-state index contributed by atoms with van der Waals surface area (Å²) >= 11 is 0. The van der Waals surface area contributed by atoms with Crippen LogP contribution in [-0.4, -0.2) is 27.4 Å². The number of hydrogen-bond donors (Lipinski definition) is 2. The Labute approximate surface area is 192 Å². The zero-order chi connectivity index (χ0) is 24.5. The van der Waals surface area contributed by atoms with Crippen LogP contribution in [0.15, 0.2) is 63.7 Å². The quantitative estimate of drug-likeness (QED) is 0.398. The van der Waals surface area contributed by atoms with Crippen molar-refractivity contribution in [1.29, 1.82) is 0 Å². The number of aromatic nitrogens is 2. The number of hydrogen-bond acceptors (Lipinski definition) is 6. The highest BCUT2D eigenvalue weighted by Gasteiger charge is 2.16. The second-order valence-electron chi connectivity index (χ2n) is 8.64. The van der Waals surface area contributed by atoms with Gasteiger partial charge in [0, 0.05) is 11.9 Å². The van der Waals surface area contributed by atoms with E-state index in [1.165, 1.54) is 0 Å². The number of anilines is 1. The molecular weight excluding hydrogens is 402 g/mol. The lowest BCUT2D eigenvalue weighted by molar-refractivity contribution is 0.0604. The average molecular weight is 440 g/mol. The van der Waals surface area contributed by atoms with E-state index in [4.69, 9.17) is 10.5 Å². The van der Waals surface area contributed by atoms with Crippen molar-refractivity contribution in [2.24, 2.45) is 10.7 Å². The van der Waals surface area contributed by atoms with Crippen LogP contribution in [0.3, 0.4) is 0 Å². The Balaban J connectivity index is 3.28. The van der Waals surface area contributed by atoms with E-state index in [1.807, 2.05) is 80.5 Å². The predicted octanol–water partition coefficient (Wildman–Crippen LogP) is 6.01. The predicted molar refractivity (Wildman–Crippen MR) is 133 cm³/mol. The molecule has 1 amide bonds. The number of allylic oxidation sites excluding steroid dienone is 7. The minimum Gasteiger partial charge on any atom is -0.442 e. The summed E-state index contributed by atoms with van der Waals surface area (Å²) in [5.74, 6) is 0.620. The van der Waals surface area contributed by atoms with Gasteiger partial charge in [0.25, 0.3) is 0 Å². The fourth-order valence-corrected chi connectivity index (χ4v) is 2.72. The average Bonchev–Trinajstić information content (AvgIpc) is 2.67. The van der Waals surface area contributed by atoms with Gasteiger partial charge in [-0.25, -0.2) is 9.78 Å². The van der Waals surface area contributed by atoms with Gasteiger partial charge < -0.3 is 15.8 Å². The topological polar surface area (TPSA) is 102 Å². The second-order valence-corrected chi connectivity index (χ2v) is 8.64. The molecule has 0 unspecified atom stereocenters. The maximum atomic E-state index is 12.3. The van der Waals surface area contributed by atoms with Gasteiger partial charge in [0.1, 0.15) is 11.4 Å². The Morgan fingerprint density at radius 1 is 1.19 bits per heavy atom. The van der Waals surface area contributed by atoms with E-state index in [0.717, 1.165) is 34.5 Å². The van der Waals surface area contributed by atoms with E-state index in [-0.39, 0.29) is 0 Å². The Bertz CT molecular complexity index is 972. The van der Waals surface area contributed by atoms with Gasteiger partial charge in [0.15, 0.2) is 0 Å². The number of rotatable bonds is 7. The molecule has 1 aromatic heterocycles. The third kappa shape index (κ3) is 9.29. The summed E-state index contributed by atoms with van der Waals surface area (Å²) in [6, 6.07) is 0. The van der Waals surface area contributed by atoms with Gasteiger partial charge in [0.05, 0.1) is 23.3 Å². The summed E-state index contributed by atoms with van der Waals surface area (Å²) in [6.07, 6.45) is 9.32. The summed E-state index contributed by atoms with van der Waals surface area (Å²) in [6.45, 7) is 17.1. The zero-order valence-electron chi connectivity index (χ0n) is 20.8. The Hall–Kier alpha value is -3.22. The van der Waals surface area contributed by atoms with Gasteiger partial charge in [0.2, 0.25) is 0 Å². The number of carbonyl (C=O) groups excluding carboxylic acids is 1. The van der Waals surface area contributed by atoms with Crippen molar-refractivity contribution in [2.75, 3.05) is 5.32 Å². The molecule has 1 rings (SSSR count). The summed E-state index contributed by atoms with van der Waals surface area (Å²) in [4.78, 5) is 25.0. The maximum absolute atomic E-state index is 12.3. The van der Waals surface area contributed by atoms with Gasteiger partial charge >= 0.3 is 6.09 Å². The number of nitrogens with one attached hydrogen (secondary N) is 1. The molecule has 0 bridgehead atoms. The molecule has 1 aromatic rings. The smallest absolute Gasteiger partial charge is 0.434 e. The minimum atomic E-state index is -0.613. The lowest BCUT2D eigenvalue weighted by Crippen LogP contribution is -2.22. The third-order valence-electron chi connectivity index (χ3n) is 4.38. The van der Waals surface area contributed by atoms with Crippen molar-refractivity contribution in [3.05, 3.63) is 64.4 Å². The van der Waals surface area contributed by atoms with Crippen LogP contribution < -0.4 is 11.1 Å². The van der Waals surface area contributed by atoms with Crippen LogP contribution in [0.4, 0.5) is 10.6 Å². The Morgan fingerprint density at radius 3 is 2.38 bits per heavy atom. The van der Waals surface area contributed by atoms with Gasteiger partial charge in [-0.3, -0.25) is 4.98 Å². The number of nitrogens with two attached hydrogens (primary N) is 1. The largest absolute Gasteiger partial charge is 0.442 e. The van der Waals surface area contributed by atoms with Crippen LogP contribution >= 0.6 is 0 Å². The number of aliphatic imine (C=N–C) groups is 1. The molecule has 0 radical (unpaired) electrons. The lowest BCUT2D eigenvalue weighted by atomic mass is 10.0. The van der Waals surface area contributed by atoms with Crippen LogP contribution in [0.1, 0.15) is 67.5 Å². The van der Waals surface area contributed by atoms with E-state index in [0.29, 0.717) is 17.2 Å². The fraction of sp³-hybridized carbons (Fsp3) is 0.440. The zero-order valence-corrected chi connectivity index (χ0v) is 20.8. The second kappa shape index (κ2) is 12.0. The number of nitrogens with zero attached hydrogens (tertiary/aromatic N) is 3. The van der Waals surface area contributed by atoms with E-state index in [1.54, 1.807) is 12.4 Å². The first-order valence-corrected chi connectivity index (χ1v) is 10.7. The van der Waals surface area contributed by atoms with E-state index >= 15 is 0 Å². The number of amides is 1. The maximum Gasteiger partial charge on any atom is 0.434 e. The number of aryl methyl sites for hydroxylation is 1. The molecule has 0 aliphatic rings. The first kappa shape index (κ1) is 26.8. The van der Waals surface area contributed by atoms with Crippen LogP contribution in [0.25, 0.3) is 0 Å². The highest BCUT2D eigenvalue weighted by atomic mass is 16.6. The van der Waals surface area contributed by atoms with Crippen molar-refractivity contribution in [1.82, 2.24) is 9.97 Å². The highest BCUT2D eigenvalue weighted by molar-refractivity contribution is 6.12. The van der Waals surface area contributed by atoms with E-state index in [2.05, 4.69) is 20.3 Å². The van der Waals surface area contributed by atoms with Gasteiger partial charge in [-0.15, -0.1) is 0 Å². The summed E-state index contributed by atoms with van der Waals surface area (Å²) in [5.41, 5.74) is 11.1. The van der Waals surface area contributed by atoms with Crippen LogP contribution in [0.2, 0.25) is 0 Å². The Morgan fingerprint density at radius 2 is 1.84 bits per heavy atom. The molecule has 32 heavy (non-hydrogen) atoms. The number of carbonyl (C=O) groups is 1. The minimum absolute atomic E-state index is 0.556. The van der Waals surface area contributed by atoms with Crippen LogP contribution in [0, 0.1) is 6.92 Å². The molecule has 0 fully saturated rings. The summed E-state index contributed by atoms with van der Waals surface area (Å²) < 4.78 is 5.35. The molecule has 0 saturated heterocycles. The van der Waals surface area contributed by atoms with Crippen molar-refractivity contribution < 1.29 is 9.53 Å². The molecule has 0 saturated carbocycles. The van der Waals surface area contributed by atoms with E-state index < -0.39 is 11.7 Å². The first-order valence-electron chi connectivity index (χ1n) is 10.7. The molecule has 1 heterocycles. The molecule has 7 heteroatoms. The van der Waals surface area contributed by atoms with Crippen molar-refractivity contribution in [3.8, 4) is 0 Å². The monoisotopic (exact) mass is 439 g/mol. The Kier molecular flexibility index (Phi) is 10.0. The van der Waals surface area contributed by atoms with Crippen molar-refractivity contribution in [3.63, 3.8) is 0 Å². The molecule has 0 aliphatic carbocycles. The molecule has 0 aromatic carbocycles. The first-order chi connectivity index (χ1) is 14.8. The summed E-state index contributed by atoms with van der Waals surface area (Å²) in [7, 11) is 0. The van der Waals surface area contributed by atoms with E-state index in [9.17, 15) is 4.79 Å². The molecule has 0 spiro atoms. The third-order valence-corrected chi connectivity index (χ3v) is 4.38. The van der Waals surface area contributed by atoms with Crippen molar-refractivity contribution >= 4 is 17.6 Å². The molecule has 0 aliphatic heterocycles. The van der Waals surface area contributed by atoms with Gasteiger partial charge in [-0.1, -0.05) is 19.1 Å². The highest BCUT2D eigenvalue weighted by Crippen LogP contribution is 2.20. The fourth-order valence-electron chi connectivity index (χ4n) is 2.72. The van der Waals surface area contributed by atoms with Gasteiger partial charge in [-0.05, 0) is 84.6 Å². The molecule has 0 atom stereocenters. The molecular formula is C25H37N5O2. The SMILES string of the molecule is CC/C=C(C)/C(/C=C\C(C)=C(C)/C(Nc1cncc(C)n1)=C(/C)N)=N/C(=O)OC(C)(C)C.